The van der Waals surface area contributed by atoms with E-state index in [0.717, 1.165) is 37.8 Å². The lowest BCUT2D eigenvalue weighted by molar-refractivity contribution is 0.195. The Balaban J connectivity index is 2.00. The molecule has 128 valence electrons. The zero-order valence-corrected chi connectivity index (χ0v) is 14.2. The number of halogens is 2. The minimum Gasteiger partial charge on any atom is -0.314 e. The van der Waals surface area contributed by atoms with Gasteiger partial charge >= 0.3 is 0 Å². The van der Waals surface area contributed by atoms with Crippen LogP contribution in [0.5, 0.6) is 0 Å². The molecule has 0 spiro atoms. The SMILES string of the molecule is CC(C)c1ccc(C(c2ccc(F)cc2F)N2CCNCC2)cc1. The predicted octanol–water partition coefficient (Wildman–Crippen LogP) is 4.08. The van der Waals surface area contributed by atoms with Gasteiger partial charge in [0.05, 0.1) is 6.04 Å². The Morgan fingerprint density at radius 2 is 1.54 bits per heavy atom. The Labute approximate surface area is 142 Å². The zero-order chi connectivity index (χ0) is 17.1. The number of hydrogen-bond donors (Lipinski definition) is 1. The lowest BCUT2D eigenvalue weighted by Crippen LogP contribution is -2.45. The molecular formula is C20H24F2N2. The summed E-state index contributed by atoms with van der Waals surface area (Å²) in [4.78, 5) is 2.26. The average molecular weight is 330 g/mol. The maximum atomic E-state index is 14.5. The third kappa shape index (κ3) is 3.65. The van der Waals surface area contributed by atoms with Crippen molar-refractivity contribution in [1.29, 1.82) is 0 Å². The highest BCUT2D eigenvalue weighted by Gasteiger charge is 2.26. The molecule has 4 heteroatoms. The van der Waals surface area contributed by atoms with Crippen molar-refractivity contribution in [2.75, 3.05) is 26.2 Å². The van der Waals surface area contributed by atoms with Crippen molar-refractivity contribution >= 4 is 0 Å². The number of nitrogens with zero attached hydrogens (tertiary/aromatic N) is 1. The molecule has 0 radical (unpaired) electrons. The molecule has 1 N–H and O–H groups in total. The molecule has 0 aliphatic carbocycles. The highest BCUT2D eigenvalue weighted by atomic mass is 19.1. The van der Waals surface area contributed by atoms with Gasteiger partial charge in [-0.25, -0.2) is 8.78 Å². The molecule has 2 aromatic carbocycles. The smallest absolute Gasteiger partial charge is 0.131 e. The maximum Gasteiger partial charge on any atom is 0.131 e. The van der Waals surface area contributed by atoms with Crippen LogP contribution in [0.25, 0.3) is 0 Å². The topological polar surface area (TPSA) is 15.3 Å². The average Bonchev–Trinajstić information content (AvgIpc) is 2.58. The van der Waals surface area contributed by atoms with Crippen molar-refractivity contribution in [2.45, 2.75) is 25.8 Å². The zero-order valence-electron chi connectivity index (χ0n) is 14.2. The lowest BCUT2D eigenvalue weighted by atomic mass is 9.93. The van der Waals surface area contributed by atoms with E-state index in [1.54, 1.807) is 6.07 Å². The van der Waals surface area contributed by atoms with E-state index in [1.165, 1.54) is 11.6 Å². The second-order valence-electron chi connectivity index (χ2n) is 6.68. The van der Waals surface area contributed by atoms with E-state index in [1.807, 2.05) is 0 Å². The Hall–Kier alpha value is -1.78. The Morgan fingerprint density at radius 1 is 0.917 bits per heavy atom. The van der Waals surface area contributed by atoms with Crippen LogP contribution in [0.1, 0.15) is 42.5 Å². The van der Waals surface area contributed by atoms with Gasteiger partial charge in [-0.15, -0.1) is 0 Å². The first kappa shape index (κ1) is 17.1. The van der Waals surface area contributed by atoms with Crippen LogP contribution >= 0.6 is 0 Å². The van der Waals surface area contributed by atoms with Crippen LogP contribution in [-0.2, 0) is 0 Å². The quantitative estimate of drug-likeness (QED) is 0.908. The fraction of sp³-hybridized carbons (Fsp3) is 0.400. The standard InChI is InChI=1S/C20H24F2N2/c1-14(2)15-3-5-16(6-4-15)20(24-11-9-23-10-12-24)18-8-7-17(21)13-19(18)22/h3-8,13-14,20,23H,9-12H2,1-2H3. The highest BCUT2D eigenvalue weighted by molar-refractivity contribution is 5.35. The first-order valence-corrected chi connectivity index (χ1v) is 8.56. The van der Waals surface area contributed by atoms with Gasteiger partial charge in [-0.2, -0.15) is 0 Å². The summed E-state index contributed by atoms with van der Waals surface area (Å²) in [5.74, 6) is -0.559. The number of nitrogens with one attached hydrogen (secondary N) is 1. The van der Waals surface area contributed by atoms with Gasteiger partial charge in [-0.1, -0.05) is 44.2 Å². The van der Waals surface area contributed by atoms with Crippen molar-refractivity contribution in [3.63, 3.8) is 0 Å². The molecule has 1 fully saturated rings. The van der Waals surface area contributed by atoms with Crippen LogP contribution in [0.4, 0.5) is 8.78 Å². The summed E-state index contributed by atoms with van der Waals surface area (Å²) >= 11 is 0. The molecule has 2 aromatic rings. The van der Waals surface area contributed by atoms with E-state index >= 15 is 0 Å². The summed E-state index contributed by atoms with van der Waals surface area (Å²) in [7, 11) is 0. The Kier molecular flexibility index (Phi) is 5.27. The van der Waals surface area contributed by atoms with Crippen molar-refractivity contribution in [1.82, 2.24) is 10.2 Å². The molecule has 0 aromatic heterocycles. The van der Waals surface area contributed by atoms with Gasteiger partial charge in [-0.3, -0.25) is 4.90 Å². The molecule has 3 rings (SSSR count). The Bertz CT molecular complexity index is 677. The van der Waals surface area contributed by atoms with Gasteiger partial charge < -0.3 is 5.32 Å². The molecule has 2 nitrogen and oxygen atoms in total. The number of rotatable bonds is 4. The molecule has 24 heavy (non-hydrogen) atoms. The molecule has 1 aliphatic rings. The summed E-state index contributed by atoms with van der Waals surface area (Å²) in [6.07, 6.45) is 0. The minimum absolute atomic E-state index is 0.186. The molecule has 0 bridgehead atoms. The number of hydrogen-bond acceptors (Lipinski definition) is 2. The van der Waals surface area contributed by atoms with Crippen molar-refractivity contribution < 1.29 is 8.78 Å². The first-order chi connectivity index (χ1) is 11.6. The fourth-order valence-electron chi connectivity index (χ4n) is 3.31. The Morgan fingerprint density at radius 3 is 2.12 bits per heavy atom. The highest BCUT2D eigenvalue weighted by Crippen LogP contribution is 2.32. The first-order valence-electron chi connectivity index (χ1n) is 8.56. The maximum absolute atomic E-state index is 14.5. The molecule has 1 atom stereocenters. The largest absolute Gasteiger partial charge is 0.314 e. The summed E-state index contributed by atoms with van der Waals surface area (Å²) in [5, 5.41) is 3.32. The van der Waals surface area contributed by atoms with E-state index in [4.69, 9.17) is 0 Å². The lowest BCUT2D eigenvalue weighted by Gasteiger charge is -2.35. The molecule has 1 saturated heterocycles. The summed E-state index contributed by atoms with van der Waals surface area (Å²) in [6, 6.07) is 12.1. The number of piperazine rings is 1. The molecule has 1 aliphatic heterocycles. The molecule has 1 heterocycles. The van der Waals surface area contributed by atoms with E-state index < -0.39 is 11.6 Å². The van der Waals surface area contributed by atoms with Gasteiger partial charge in [0.1, 0.15) is 11.6 Å². The fourth-order valence-corrected chi connectivity index (χ4v) is 3.31. The van der Waals surface area contributed by atoms with Gasteiger partial charge in [0.15, 0.2) is 0 Å². The molecule has 0 amide bonds. The third-order valence-electron chi connectivity index (χ3n) is 4.69. The van der Waals surface area contributed by atoms with Crippen LogP contribution in [0.2, 0.25) is 0 Å². The van der Waals surface area contributed by atoms with Gasteiger partial charge in [0.2, 0.25) is 0 Å². The van der Waals surface area contributed by atoms with E-state index in [-0.39, 0.29) is 6.04 Å². The molecule has 0 saturated carbocycles. The van der Waals surface area contributed by atoms with Crippen LogP contribution in [0.3, 0.4) is 0 Å². The van der Waals surface area contributed by atoms with E-state index in [9.17, 15) is 8.78 Å². The van der Waals surface area contributed by atoms with Gasteiger partial charge in [0, 0.05) is 37.8 Å². The minimum atomic E-state index is -0.537. The van der Waals surface area contributed by atoms with E-state index in [0.29, 0.717) is 11.5 Å². The second-order valence-corrected chi connectivity index (χ2v) is 6.68. The van der Waals surface area contributed by atoms with Crippen LogP contribution in [0.15, 0.2) is 42.5 Å². The second kappa shape index (κ2) is 7.41. The normalized spacial score (nSPS) is 17.2. The predicted molar refractivity (Wildman–Crippen MR) is 93.2 cm³/mol. The van der Waals surface area contributed by atoms with Crippen molar-refractivity contribution in [3.8, 4) is 0 Å². The summed E-state index contributed by atoms with van der Waals surface area (Å²) in [5.41, 5.74) is 2.85. The van der Waals surface area contributed by atoms with Crippen molar-refractivity contribution in [3.05, 3.63) is 70.8 Å². The van der Waals surface area contributed by atoms with Crippen LogP contribution in [0, 0.1) is 11.6 Å². The van der Waals surface area contributed by atoms with Crippen molar-refractivity contribution in [2.24, 2.45) is 0 Å². The third-order valence-corrected chi connectivity index (χ3v) is 4.69. The van der Waals surface area contributed by atoms with Gasteiger partial charge in [0.25, 0.3) is 0 Å². The van der Waals surface area contributed by atoms with Crippen LogP contribution in [-0.4, -0.2) is 31.1 Å². The summed E-state index contributed by atoms with van der Waals surface area (Å²) in [6.45, 7) is 7.75. The summed E-state index contributed by atoms with van der Waals surface area (Å²) < 4.78 is 27.8. The number of benzene rings is 2. The van der Waals surface area contributed by atoms with E-state index in [2.05, 4.69) is 48.3 Å². The molecular weight excluding hydrogens is 306 g/mol. The monoisotopic (exact) mass is 330 g/mol. The van der Waals surface area contributed by atoms with Crippen LogP contribution < -0.4 is 5.32 Å². The molecule has 1 unspecified atom stereocenters. The van der Waals surface area contributed by atoms with Gasteiger partial charge in [-0.05, 0) is 23.1 Å².